The highest BCUT2D eigenvalue weighted by molar-refractivity contribution is 8.44. The average molecular weight is 378 g/mol. The summed E-state index contributed by atoms with van der Waals surface area (Å²) in [5, 5.41) is 16.9. The molecule has 0 fully saturated rings. The maximum Gasteiger partial charge on any atom is 0.274 e. The molecule has 0 N–H and O–H groups in total. The van der Waals surface area contributed by atoms with Crippen molar-refractivity contribution in [3.05, 3.63) is 34.0 Å². The molecule has 4 heterocycles. The number of fused-ring (bicyclic) bond motifs is 1. The molecule has 0 bridgehead atoms. The number of hydrogen-bond acceptors (Lipinski definition) is 8. The van der Waals surface area contributed by atoms with Gasteiger partial charge in [0, 0.05) is 10.9 Å². The predicted molar refractivity (Wildman–Crippen MR) is 96.3 cm³/mol. The van der Waals surface area contributed by atoms with E-state index in [-0.39, 0.29) is 0 Å². The number of aryl methyl sites for hydroxylation is 2. The number of nitrogens with zero attached hydrogens (tertiary/aromatic N) is 6. The molecular formula is C14H13N6OS3+. The minimum absolute atomic E-state index is 0.406. The fraction of sp³-hybridized carbons (Fsp3) is 0.214. The number of methoxy groups -OCH3 is 1. The van der Waals surface area contributed by atoms with E-state index in [2.05, 4.69) is 50.2 Å². The maximum atomic E-state index is 5.15. The van der Waals surface area contributed by atoms with Gasteiger partial charge in [0.25, 0.3) is 5.16 Å². The van der Waals surface area contributed by atoms with Crippen molar-refractivity contribution < 1.29 is 4.74 Å². The van der Waals surface area contributed by atoms with Gasteiger partial charge in [-0.1, -0.05) is 5.10 Å². The van der Waals surface area contributed by atoms with Gasteiger partial charge in [-0.2, -0.15) is 9.67 Å². The van der Waals surface area contributed by atoms with Crippen LogP contribution >= 0.6 is 31.8 Å². The molecule has 4 aromatic heterocycles. The van der Waals surface area contributed by atoms with E-state index >= 15 is 0 Å². The molecule has 1 unspecified atom stereocenters. The molecule has 0 radical (unpaired) electrons. The Morgan fingerprint density at radius 1 is 1.29 bits per heavy atom. The minimum Gasteiger partial charge on any atom is -0.481 e. The number of thiophene rings is 1. The van der Waals surface area contributed by atoms with Gasteiger partial charge in [-0.05, 0) is 46.3 Å². The third-order valence-corrected chi connectivity index (χ3v) is 7.44. The molecule has 0 amide bonds. The molecule has 0 spiro atoms. The quantitative estimate of drug-likeness (QED) is 0.397. The number of ether oxygens (including phenoxy) is 1. The van der Waals surface area contributed by atoms with Gasteiger partial charge in [0.05, 0.1) is 12.5 Å². The van der Waals surface area contributed by atoms with Gasteiger partial charge in [0.2, 0.25) is 22.3 Å². The molecular weight excluding hydrogens is 364 g/mol. The molecule has 4 aromatic rings. The Morgan fingerprint density at radius 2 is 2.17 bits per heavy atom. The van der Waals surface area contributed by atoms with Gasteiger partial charge in [0.15, 0.2) is 15.1 Å². The van der Waals surface area contributed by atoms with Crippen molar-refractivity contribution in [1.82, 2.24) is 29.6 Å². The molecule has 0 saturated heterocycles. The van der Waals surface area contributed by atoms with Gasteiger partial charge in [0.1, 0.15) is 5.00 Å². The van der Waals surface area contributed by atoms with E-state index in [1.54, 1.807) is 23.1 Å². The molecule has 4 rings (SSSR count). The maximum absolute atomic E-state index is 5.15. The summed E-state index contributed by atoms with van der Waals surface area (Å²) in [5.74, 6) is 0.565. The van der Waals surface area contributed by atoms with Crippen LogP contribution < -0.4 is 4.74 Å². The zero-order valence-electron chi connectivity index (χ0n) is 13.1. The zero-order valence-corrected chi connectivity index (χ0v) is 15.6. The molecule has 0 aliphatic rings. The standard InChI is InChI=1S/C14H13N6OS3/c1-8-6-12(22-9(8)2)20-14(16-18-19-20)23-24-7-10-4-5-11(21-3)15-13(10)17-24/h4-7H,1-3H3/q+1. The van der Waals surface area contributed by atoms with E-state index in [1.807, 2.05) is 12.1 Å². The van der Waals surface area contributed by atoms with Crippen LogP contribution in [0.25, 0.3) is 16.0 Å². The lowest BCUT2D eigenvalue weighted by molar-refractivity contribution is 0.399. The fourth-order valence-electron chi connectivity index (χ4n) is 2.09. The number of hydrogen-bond donors (Lipinski definition) is 0. The predicted octanol–water partition coefficient (Wildman–Crippen LogP) is 3.60. The highest BCUT2D eigenvalue weighted by Crippen LogP contribution is 2.39. The molecule has 0 aliphatic heterocycles. The first-order chi connectivity index (χ1) is 11.6. The second-order valence-electron chi connectivity index (χ2n) is 5.03. The summed E-state index contributed by atoms with van der Waals surface area (Å²) in [6.07, 6.45) is 0. The SMILES string of the molecule is COc1ccc2c[s+](Sc3nnnn3-c3cc(C)c(C)s3)nc2n1. The monoisotopic (exact) mass is 377 g/mol. The molecule has 24 heavy (non-hydrogen) atoms. The van der Waals surface area contributed by atoms with Crippen LogP contribution in [-0.4, -0.2) is 36.7 Å². The number of aromatic nitrogens is 6. The van der Waals surface area contributed by atoms with Gasteiger partial charge >= 0.3 is 0 Å². The van der Waals surface area contributed by atoms with E-state index in [9.17, 15) is 0 Å². The Bertz CT molecular complexity index is 1000. The topological polar surface area (TPSA) is 78.6 Å². The normalized spacial score (nSPS) is 12.0. The lowest BCUT2D eigenvalue weighted by Gasteiger charge is -1.94. The first-order valence-corrected chi connectivity index (χ1v) is 10.4. The fourth-order valence-corrected chi connectivity index (χ4v) is 5.96. The van der Waals surface area contributed by atoms with Gasteiger partial charge in [-0.25, -0.2) is 0 Å². The van der Waals surface area contributed by atoms with E-state index in [4.69, 9.17) is 4.74 Å². The van der Waals surface area contributed by atoms with Crippen LogP contribution in [0.5, 0.6) is 5.88 Å². The van der Waals surface area contributed by atoms with Gasteiger partial charge in [-0.15, -0.1) is 11.3 Å². The molecule has 0 aliphatic carbocycles. The Labute approximate surface area is 148 Å². The number of rotatable bonds is 4. The minimum atomic E-state index is -0.406. The summed E-state index contributed by atoms with van der Waals surface area (Å²) in [6, 6.07) is 5.90. The molecule has 1 atom stereocenters. The third-order valence-electron chi connectivity index (χ3n) is 3.46. The van der Waals surface area contributed by atoms with Crippen LogP contribution in [0.2, 0.25) is 0 Å². The van der Waals surface area contributed by atoms with Gasteiger partial charge in [-0.3, -0.25) is 0 Å². The summed E-state index contributed by atoms with van der Waals surface area (Å²) in [5.41, 5.74) is 1.94. The lowest BCUT2D eigenvalue weighted by Crippen LogP contribution is -1.95. The number of pyridine rings is 1. The highest BCUT2D eigenvalue weighted by atomic mass is 33.1. The van der Waals surface area contributed by atoms with E-state index in [0.29, 0.717) is 11.5 Å². The van der Waals surface area contributed by atoms with Crippen molar-refractivity contribution >= 4 is 42.9 Å². The van der Waals surface area contributed by atoms with Crippen molar-refractivity contribution in [1.29, 1.82) is 0 Å². The average Bonchev–Trinajstić information content (AvgIpc) is 3.26. The Morgan fingerprint density at radius 3 is 2.92 bits per heavy atom. The Hall–Kier alpha value is -2.04. The van der Waals surface area contributed by atoms with Crippen molar-refractivity contribution in [3.8, 4) is 10.9 Å². The van der Waals surface area contributed by atoms with Crippen LogP contribution in [0.15, 0.2) is 28.7 Å². The highest BCUT2D eigenvalue weighted by Gasteiger charge is 2.22. The summed E-state index contributed by atoms with van der Waals surface area (Å²) < 4.78 is 11.5. The van der Waals surface area contributed by atoms with Crippen LogP contribution in [-0.2, 0) is 0 Å². The smallest absolute Gasteiger partial charge is 0.274 e. The van der Waals surface area contributed by atoms with Crippen LogP contribution in [0.1, 0.15) is 10.4 Å². The largest absolute Gasteiger partial charge is 0.481 e. The summed E-state index contributed by atoms with van der Waals surface area (Å²) in [7, 11) is 2.71. The van der Waals surface area contributed by atoms with E-state index in [1.165, 1.54) is 21.2 Å². The van der Waals surface area contributed by atoms with Crippen molar-refractivity contribution in [2.75, 3.05) is 7.11 Å². The third kappa shape index (κ3) is 2.76. The van der Waals surface area contributed by atoms with Crippen LogP contribution in [0.3, 0.4) is 0 Å². The lowest BCUT2D eigenvalue weighted by atomic mass is 10.3. The van der Waals surface area contributed by atoms with Crippen molar-refractivity contribution in [2.24, 2.45) is 0 Å². The first-order valence-electron chi connectivity index (χ1n) is 7.03. The van der Waals surface area contributed by atoms with Crippen molar-refractivity contribution in [3.63, 3.8) is 0 Å². The molecule has 0 aromatic carbocycles. The van der Waals surface area contributed by atoms with E-state index < -0.39 is 9.70 Å². The van der Waals surface area contributed by atoms with E-state index in [0.717, 1.165) is 15.5 Å². The zero-order chi connectivity index (χ0) is 16.7. The second kappa shape index (κ2) is 6.11. The summed E-state index contributed by atoms with van der Waals surface area (Å²) in [4.78, 5) is 5.63. The molecule has 10 heteroatoms. The molecule has 122 valence electrons. The first kappa shape index (κ1) is 15.5. The Kier molecular flexibility index (Phi) is 3.94. The molecule has 7 nitrogen and oxygen atoms in total. The number of tetrazole rings is 1. The Balaban J connectivity index is 1.68. The van der Waals surface area contributed by atoms with Crippen LogP contribution in [0, 0.1) is 13.8 Å². The summed E-state index contributed by atoms with van der Waals surface area (Å²) >= 11 is 1.68. The van der Waals surface area contributed by atoms with Gasteiger partial charge < -0.3 is 4.74 Å². The molecule has 0 saturated carbocycles. The second-order valence-corrected chi connectivity index (χ2v) is 9.29. The summed E-state index contributed by atoms with van der Waals surface area (Å²) in [6.45, 7) is 4.18. The van der Waals surface area contributed by atoms with Crippen molar-refractivity contribution in [2.45, 2.75) is 19.0 Å². The van der Waals surface area contributed by atoms with Crippen LogP contribution in [0.4, 0.5) is 0 Å².